The van der Waals surface area contributed by atoms with Gasteiger partial charge in [-0.1, -0.05) is 12.1 Å². The van der Waals surface area contributed by atoms with E-state index in [-0.39, 0.29) is 5.91 Å². The van der Waals surface area contributed by atoms with Gasteiger partial charge in [0.05, 0.1) is 0 Å². The van der Waals surface area contributed by atoms with Crippen molar-refractivity contribution in [2.75, 3.05) is 32.2 Å². The number of ether oxygens (including phenoxy) is 2. The first-order valence-electron chi connectivity index (χ1n) is 7.99. The zero-order valence-corrected chi connectivity index (χ0v) is 14.3. The number of carbonyl (C=O) groups is 1. The van der Waals surface area contributed by atoms with E-state index in [1.165, 1.54) is 11.3 Å². The van der Waals surface area contributed by atoms with Gasteiger partial charge in [-0.15, -0.1) is 0 Å². The maximum Gasteiger partial charge on any atom is 0.251 e. The highest BCUT2D eigenvalue weighted by atomic mass is 16.6. The van der Waals surface area contributed by atoms with Gasteiger partial charge in [-0.3, -0.25) is 4.79 Å². The second kappa shape index (κ2) is 6.83. The van der Waals surface area contributed by atoms with Crippen LogP contribution in [0.5, 0.6) is 11.5 Å². The van der Waals surface area contributed by atoms with Crippen LogP contribution in [-0.2, 0) is 6.54 Å². The Kier molecular flexibility index (Phi) is 4.60. The molecule has 1 aliphatic heterocycles. The molecule has 0 fully saturated rings. The van der Waals surface area contributed by atoms with Crippen molar-refractivity contribution in [1.82, 2.24) is 5.32 Å². The van der Waals surface area contributed by atoms with Crippen LogP contribution in [0.1, 0.15) is 21.5 Å². The topological polar surface area (TPSA) is 50.8 Å². The molecule has 5 heteroatoms. The fourth-order valence-corrected chi connectivity index (χ4v) is 2.80. The number of hydrogen-bond acceptors (Lipinski definition) is 4. The van der Waals surface area contributed by atoms with Crippen LogP contribution in [0.2, 0.25) is 0 Å². The van der Waals surface area contributed by atoms with Crippen molar-refractivity contribution in [3.8, 4) is 11.5 Å². The molecule has 0 spiro atoms. The van der Waals surface area contributed by atoms with Gasteiger partial charge in [0.15, 0.2) is 11.5 Å². The van der Waals surface area contributed by atoms with Crippen LogP contribution >= 0.6 is 0 Å². The van der Waals surface area contributed by atoms with Crippen molar-refractivity contribution >= 4 is 11.6 Å². The fourth-order valence-electron chi connectivity index (χ4n) is 2.80. The molecule has 2 aromatic carbocycles. The van der Waals surface area contributed by atoms with Crippen molar-refractivity contribution in [1.29, 1.82) is 0 Å². The first kappa shape index (κ1) is 16.2. The Morgan fingerprint density at radius 3 is 2.54 bits per heavy atom. The van der Waals surface area contributed by atoms with Crippen molar-refractivity contribution in [2.45, 2.75) is 13.5 Å². The summed E-state index contributed by atoms with van der Waals surface area (Å²) in [6.45, 7) is 3.61. The lowest BCUT2D eigenvalue weighted by molar-refractivity contribution is 0.0949. The Hall–Kier alpha value is -2.69. The molecule has 1 aliphatic rings. The van der Waals surface area contributed by atoms with Crippen LogP contribution in [0.15, 0.2) is 36.4 Å². The first-order valence-corrected chi connectivity index (χ1v) is 7.99. The molecule has 1 amide bonds. The number of rotatable bonds is 4. The lowest BCUT2D eigenvalue weighted by atomic mass is 10.1. The Balaban J connectivity index is 1.66. The zero-order valence-electron chi connectivity index (χ0n) is 14.3. The number of aryl methyl sites for hydroxylation is 1. The zero-order chi connectivity index (χ0) is 17.1. The second-order valence-electron chi connectivity index (χ2n) is 6.06. The molecule has 0 bridgehead atoms. The van der Waals surface area contributed by atoms with E-state index < -0.39 is 0 Å². The van der Waals surface area contributed by atoms with Crippen LogP contribution in [0.4, 0.5) is 5.69 Å². The summed E-state index contributed by atoms with van der Waals surface area (Å²) in [5.41, 5.74) is 4.01. The van der Waals surface area contributed by atoms with Gasteiger partial charge in [0.1, 0.15) is 13.2 Å². The molecule has 0 radical (unpaired) electrons. The summed E-state index contributed by atoms with van der Waals surface area (Å²) in [5.74, 6) is 1.19. The van der Waals surface area contributed by atoms with E-state index in [2.05, 4.69) is 29.3 Å². The molecule has 3 rings (SSSR count). The van der Waals surface area contributed by atoms with Gasteiger partial charge in [-0.2, -0.15) is 0 Å². The number of carbonyl (C=O) groups excluding carboxylic acids is 1. The average Bonchev–Trinajstić information content (AvgIpc) is 2.59. The van der Waals surface area contributed by atoms with E-state index in [1.54, 1.807) is 18.2 Å². The van der Waals surface area contributed by atoms with Gasteiger partial charge in [0.25, 0.3) is 5.91 Å². The lowest BCUT2D eigenvalue weighted by Gasteiger charge is -2.19. The average molecular weight is 326 g/mol. The molecule has 0 saturated heterocycles. The van der Waals surface area contributed by atoms with Crippen molar-refractivity contribution in [3.05, 3.63) is 53.1 Å². The largest absolute Gasteiger partial charge is 0.486 e. The molecule has 0 aliphatic carbocycles. The van der Waals surface area contributed by atoms with Gasteiger partial charge in [0.2, 0.25) is 0 Å². The van der Waals surface area contributed by atoms with Crippen LogP contribution in [0, 0.1) is 6.92 Å². The molecule has 0 unspecified atom stereocenters. The summed E-state index contributed by atoms with van der Waals surface area (Å²) >= 11 is 0. The molecule has 0 saturated carbocycles. The molecule has 1 heterocycles. The normalized spacial score (nSPS) is 12.6. The van der Waals surface area contributed by atoms with Gasteiger partial charge < -0.3 is 19.7 Å². The lowest BCUT2D eigenvalue weighted by Crippen LogP contribution is -2.23. The summed E-state index contributed by atoms with van der Waals surface area (Å²) < 4.78 is 11.0. The molecular weight excluding hydrogens is 304 g/mol. The molecule has 0 atom stereocenters. The highest BCUT2D eigenvalue weighted by Gasteiger charge is 2.14. The predicted octanol–water partition coefficient (Wildman–Crippen LogP) is 2.76. The van der Waals surface area contributed by atoms with Crippen molar-refractivity contribution < 1.29 is 14.3 Å². The predicted molar refractivity (Wildman–Crippen MR) is 94.1 cm³/mol. The Labute approximate surface area is 142 Å². The van der Waals surface area contributed by atoms with Gasteiger partial charge >= 0.3 is 0 Å². The SMILES string of the molecule is Cc1cc(CNC(=O)c2ccc3c(c2)OCCO3)ccc1N(C)C. The monoisotopic (exact) mass is 326 g/mol. The van der Waals surface area contributed by atoms with E-state index in [0.29, 0.717) is 36.8 Å². The Morgan fingerprint density at radius 1 is 1.08 bits per heavy atom. The highest BCUT2D eigenvalue weighted by Crippen LogP contribution is 2.30. The van der Waals surface area contributed by atoms with E-state index in [0.717, 1.165) is 5.56 Å². The number of hydrogen-bond donors (Lipinski definition) is 1. The number of benzene rings is 2. The van der Waals surface area contributed by atoms with E-state index in [9.17, 15) is 4.79 Å². The van der Waals surface area contributed by atoms with Crippen LogP contribution in [-0.4, -0.2) is 33.2 Å². The summed E-state index contributed by atoms with van der Waals surface area (Å²) in [4.78, 5) is 14.4. The molecule has 126 valence electrons. The molecular formula is C19H22N2O3. The summed E-state index contributed by atoms with van der Waals surface area (Å²) in [6.07, 6.45) is 0. The number of anilines is 1. The minimum Gasteiger partial charge on any atom is -0.486 e. The van der Waals surface area contributed by atoms with Crippen LogP contribution < -0.4 is 19.7 Å². The molecule has 1 N–H and O–H groups in total. The standard InChI is InChI=1S/C19H22N2O3/c1-13-10-14(4-6-16(13)21(2)3)12-20-19(22)15-5-7-17-18(11-15)24-9-8-23-17/h4-7,10-11H,8-9,12H2,1-3H3,(H,20,22). The molecule has 2 aromatic rings. The molecule has 24 heavy (non-hydrogen) atoms. The highest BCUT2D eigenvalue weighted by molar-refractivity contribution is 5.94. The quantitative estimate of drug-likeness (QED) is 0.939. The maximum atomic E-state index is 12.3. The van der Waals surface area contributed by atoms with Crippen molar-refractivity contribution in [3.63, 3.8) is 0 Å². The number of nitrogens with one attached hydrogen (secondary N) is 1. The van der Waals surface area contributed by atoms with Gasteiger partial charge in [-0.25, -0.2) is 0 Å². The second-order valence-corrected chi connectivity index (χ2v) is 6.06. The van der Waals surface area contributed by atoms with Crippen LogP contribution in [0.3, 0.4) is 0 Å². The first-order chi connectivity index (χ1) is 11.5. The Bertz CT molecular complexity index is 756. The summed E-state index contributed by atoms with van der Waals surface area (Å²) in [7, 11) is 4.04. The third kappa shape index (κ3) is 3.45. The third-order valence-electron chi connectivity index (χ3n) is 4.00. The summed E-state index contributed by atoms with van der Waals surface area (Å²) in [6, 6.07) is 11.5. The number of nitrogens with zero attached hydrogens (tertiary/aromatic N) is 1. The van der Waals surface area contributed by atoms with E-state index in [4.69, 9.17) is 9.47 Å². The van der Waals surface area contributed by atoms with Crippen LogP contribution in [0.25, 0.3) is 0 Å². The van der Waals surface area contributed by atoms with Crippen molar-refractivity contribution in [2.24, 2.45) is 0 Å². The molecule has 0 aromatic heterocycles. The number of amides is 1. The van der Waals surface area contributed by atoms with Gasteiger partial charge in [-0.05, 0) is 42.3 Å². The van der Waals surface area contributed by atoms with Gasteiger partial charge in [0, 0.05) is 31.9 Å². The Morgan fingerprint density at radius 2 is 1.83 bits per heavy atom. The van der Waals surface area contributed by atoms with E-state index >= 15 is 0 Å². The minimum absolute atomic E-state index is 0.124. The minimum atomic E-state index is -0.124. The third-order valence-corrected chi connectivity index (χ3v) is 4.00. The van der Waals surface area contributed by atoms with E-state index in [1.807, 2.05) is 20.2 Å². The fraction of sp³-hybridized carbons (Fsp3) is 0.316. The molecule has 5 nitrogen and oxygen atoms in total. The smallest absolute Gasteiger partial charge is 0.251 e. The number of fused-ring (bicyclic) bond motifs is 1. The maximum absolute atomic E-state index is 12.3. The summed E-state index contributed by atoms with van der Waals surface area (Å²) in [5, 5.41) is 2.95.